The molecule has 2 aliphatic carbocycles. The molecule has 1 heterocycles. The molecule has 0 radical (unpaired) electrons. The fourth-order valence-corrected chi connectivity index (χ4v) is 8.96. The van der Waals surface area contributed by atoms with E-state index in [9.17, 15) is 14.3 Å². The number of hydrogen-bond donors (Lipinski definition) is 1. The van der Waals surface area contributed by atoms with E-state index in [2.05, 4.69) is 44.9 Å². The third-order valence-electron chi connectivity index (χ3n) is 7.66. The number of hydrogen-bond acceptors (Lipinski definition) is 4. The molecule has 0 aromatic heterocycles. The summed E-state index contributed by atoms with van der Waals surface area (Å²) in [6, 6.07) is 22.2. The van der Waals surface area contributed by atoms with Crippen molar-refractivity contribution in [3.05, 3.63) is 75.7 Å². The lowest BCUT2D eigenvalue weighted by atomic mass is 9.89. The number of carbonyl (C=O) groups excluding carboxylic acids is 1. The molecule has 1 N–H and O–H groups in total. The molecule has 1 unspecified atom stereocenters. The van der Waals surface area contributed by atoms with E-state index in [-0.39, 0.29) is 11.2 Å². The maximum Gasteiger partial charge on any atom is 0.234 e. The summed E-state index contributed by atoms with van der Waals surface area (Å²) in [6.07, 6.45) is 3.47. The Hall–Kier alpha value is -1.89. The van der Waals surface area contributed by atoms with E-state index in [0.29, 0.717) is 30.8 Å². The van der Waals surface area contributed by atoms with E-state index >= 15 is 0 Å². The van der Waals surface area contributed by atoms with Crippen LogP contribution in [0.15, 0.2) is 70.0 Å². The van der Waals surface area contributed by atoms with Gasteiger partial charge in [-0.15, -0.1) is 11.8 Å². The van der Waals surface area contributed by atoms with Crippen LogP contribution in [0.3, 0.4) is 0 Å². The molecule has 1 amide bonds. The minimum absolute atomic E-state index is 0.0317. The highest BCUT2D eigenvalue weighted by Crippen LogP contribution is 2.53. The van der Waals surface area contributed by atoms with E-state index in [1.807, 2.05) is 47.4 Å². The third-order valence-corrected chi connectivity index (χ3v) is 11.6. The highest BCUT2D eigenvalue weighted by molar-refractivity contribution is 9.10. The zero-order chi connectivity index (χ0) is 25.8. The minimum atomic E-state index is -1.55. The Morgan fingerprint density at radius 2 is 1.78 bits per heavy atom. The van der Waals surface area contributed by atoms with Crippen LogP contribution in [0.5, 0.6) is 0 Å². The Morgan fingerprint density at radius 3 is 2.46 bits per heavy atom. The van der Waals surface area contributed by atoms with Crippen LogP contribution in [0.1, 0.15) is 37.7 Å². The molecule has 3 aromatic carbocycles. The normalized spacial score (nSPS) is 24.0. The zero-order valence-corrected chi connectivity index (χ0v) is 23.9. The van der Waals surface area contributed by atoms with Crippen molar-refractivity contribution in [2.24, 2.45) is 0 Å². The second-order valence-corrected chi connectivity index (χ2v) is 14.1. The van der Waals surface area contributed by atoms with Gasteiger partial charge in [0.1, 0.15) is 21.9 Å². The molecule has 190 valence electrons. The SMILES string of the molecule is N#CC1(NS(=O)[C@@H]2C[C@@H](Sc3ccccc3Cl)CN2C(=O)C2(c3ccc(Br)c4ccccc34)CC2)CC1. The number of nitrogens with zero attached hydrogens (tertiary/aromatic N) is 2. The average molecular weight is 615 g/mol. The number of benzene rings is 3. The largest absolute Gasteiger partial charge is 0.325 e. The molecule has 37 heavy (non-hydrogen) atoms. The summed E-state index contributed by atoms with van der Waals surface area (Å²) in [5, 5.41) is 11.9. The van der Waals surface area contributed by atoms with Gasteiger partial charge >= 0.3 is 0 Å². The average Bonchev–Trinajstić information content (AvgIpc) is 3.83. The van der Waals surface area contributed by atoms with Crippen molar-refractivity contribution >= 4 is 67.0 Å². The van der Waals surface area contributed by atoms with Gasteiger partial charge in [0.2, 0.25) is 5.91 Å². The second-order valence-electron chi connectivity index (χ2n) is 10.1. The number of fused-ring (bicyclic) bond motifs is 1. The molecule has 1 saturated heterocycles. The van der Waals surface area contributed by atoms with Crippen LogP contribution >= 0.6 is 39.3 Å². The quantitative estimate of drug-likeness (QED) is 0.338. The first kappa shape index (κ1) is 25.4. The molecule has 0 bridgehead atoms. The van der Waals surface area contributed by atoms with Crippen LogP contribution in [0.2, 0.25) is 5.02 Å². The third kappa shape index (κ3) is 4.63. The molecule has 3 aromatic rings. The molecule has 6 rings (SSSR count). The number of halogens is 2. The fourth-order valence-electron chi connectivity index (χ4n) is 5.29. The molecule has 3 aliphatic rings. The van der Waals surface area contributed by atoms with Gasteiger partial charge in [-0.05, 0) is 66.6 Å². The van der Waals surface area contributed by atoms with E-state index in [0.717, 1.165) is 38.5 Å². The Kier molecular flexibility index (Phi) is 6.65. The summed E-state index contributed by atoms with van der Waals surface area (Å²) in [5.74, 6) is 0.0317. The van der Waals surface area contributed by atoms with Crippen molar-refractivity contribution < 1.29 is 9.00 Å². The van der Waals surface area contributed by atoms with Crippen molar-refractivity contribution in [3.63, 3.8) is 0 Å². The minimum Gasteiger partial charge on any atom is -0.325 e. The number of carbonyl (C=O) groups is 1. The van der Waals surface area contributed by atoms with Crippen LogP contribution in [0, 0.1) is 11.3 Å². The Balaban J connectivity index is 1.33. The second kappa shape index (κ2) is 9.69. The van der Waals surface area contributed by atoms with Crippen molar-refractivity contribution in [2.75, 3.05) is 6.54 Å². The predicted octanol–water partition coefficient (Wildman–Crippen LogP) is 6.32. The zero-order valence-electron chi connectivity index (χ0n) is 20.0. The molecule has 9 heteroatoms. The van der Waals surface area contributed by atoms with E-state index in [1.54, 1.807) is 11.8 Å². The molecule has 3 atom stereocenters. The monoisotopic (exact) mass is 613 g/mol. The van der Waals surface area contributed by atoms with Gasteiger partial charge in [-0.25, -0.2) is 8.93 Å². The van der Waals surface area contributed by atoms with Crippen molar-refractivity contribution in [3.8, 4) is 6.07 Å². The highest BCUT2D eigenvalue weighted by atomic mass is 79.9. The molecule has 2 saturated carbocycles. The van der Waals surface area contributed by atoms with Gasteiger partial charge in [-0.2, -0.15) is 5.26 Å². The van der Waals surface area contributed by atoms with Crippen LogP contribution in [0.25, 0.3) is 10.8 Å². The van der Waals surface area contributed by atoms with Crippen molar-refractivity contribution in [1.29, 1.82) is 5.26 Å². The van der Waals surface area contributed by atoms with E-state index < -0.39 is 27.3 Å². The maximum absolute atomic E-state index is 14.3. The summed E-state index contributed by atoms with van der Waals surface area (Å²) in [6.45, 7) is 0.489. The highest BCUT2D eigenvalue weighted by Gasteiger charge is 2.57. The molecule has 5 nitrogen and oxygen atoms in total. The Bertz CT molecular complexity index is 1470. The lowest BCUT2D eigenvalue weighted by Gasteiger charge is -2.30. The van der Waals surface area contributed by atoms with Gasteiger partial charge in [0.25, 0.3) is 0 Å². The Labute approximate surface area is 236 Å². The van der Waals surface area contributed by atoms with Crippen molar-refractivity contribution in [2.45, 2.75) is 58.6 Å². The number of nitrogens with one attached hydrogen (secondary N) is 1. The number of amides is 1. The van der Waals surface area contributed by atoms with Crippen LogP contribution in [-0.2, 0) is 21.2 Å². The van der Waals surface area contributed by atoms with Crippen LogP contribution < -0.4 is 4.72 Å². The number of nitriles is 1. The summed E-state index contributed by atoms with van der Waals surface area (Å²) < 4.78 is 17.7. The maximum atomic E-state index is 14.3. The Morgan fingerprint density at radius 1 is 1.08 bits per heavy atom. The van der Waals surface area contributed by atoms with Gasteiger partial charge in [0, 0.05) is 21.2 Å². The summed E-state index contributed by atoms with van der Waals surface area (Å²) >= 11 is 11.7. The van der Waals surface area contributed by atoms with Crippen LogP contribution in [-0.4, -0.2) is 37.7 Å². The van der Waals surface area contributed by atoms with Gasteiger partial charge in [0.05, 0.1) is 16.5 Å². The summed E-state index contributed by atoms with van der Waals surface area (Å²) in [5.41, 5.74) is -0.307. The van der Waals surface area contributed by atoms with Gasteiger partial charge < -0.3 is 4.90 Å². The molecule has 0 spiro atoms. The molecule has 3 fully saturated rings. The topological polar surface area (TPSA) is 73.2 Å². The standard InChI is InChI=1S/C28H25BrClN3O2S2/c29-22-10-9-21(19-5-1-2-6-20(19)22)28(13-14-28)26(34)33-16-18(36-24-8-4-3-7-23(24)30)15-25(33)37(35)32-27(17-31)11-12-27/h1-10,18,25,32H,11-16H2/t18-,25-,37?/m1/s1. The number of likely N-dealkylation sites (tertiary alicyclic amines) is 1. The molecular formula is C28H25BrClN3O2S2. The fraction of sp³-hybridized carbons (Fsp3) is 0.357. The molecule has 1 aliphatic heterocycles. The lowest BCUT2D eigenvalue weighted by Crippen LogP contribution is -2.48. The number of rotatable bonds is 7. The summed E-state index contributed by atoms with van der Waals surface area (Å²) in [7, 11) is -1.55. The van der Waals surface area contributed by atoms with Crippen LogP contribution in [0.4, 0.5) is 0 Å². The van der Waals surface area contributed by atoms with Gasteiger partial charge in [0.15, 0.2) is 0 Å². The predicted molar refractivity (Wildman–Crippen MR) is 153 cm³/mol. The van der Waals surface area contributed by atoms with Gasteiger partial charge in [-0.3, -0.25) is 4.79 Å². The first-order valence-corrected chi connectivity index (χ1v) is 15.6. The first-order chi connectivity index (χ1) is 17.9. The van der Waals surface area contributed by atoms with E-state index in [4.69, 9.17) is 11.6 Å². The van der Waals surface area contributed by atoms with Crippen molar-refractivity contribution in [1.82, 2.24) is 9.62 Å². The smallest absolute Gasteiger partial charge is 0.234 e. The summed E-state index contributed by atoms with van der Waals surface area (Å²) in [4.78, 5) is 17.1. The van der Waals surface area contributed by atoms with Gasteiger partial charge in [-0.1, -0.05) is 70.0 Å². The first-order valence-electron chi connectivity index (χ1n) is 12.4. The lowest BCUT2D eigenvalue weighted by molar-refractivity contribution is -0.133. The number of thioether (sulfide) groups is 1. The van der Waals surface area contributed by atoms with E-state index in [1.165, 1.54) is 0 Å². The molecular weight excluding hydrogens is 590 g/mol.